The Balaban J connectivity index is 2.99. The Morgan fingerprint density at radius 1 is 1.19 bits per heavy atom. The maximum atomic E-state index is 12.4. The minimum Gasteiger partial charge on any atom is -0.466 e. The summed E-state index contributed by atoms with van der Waals surface area (Å²) in [7, 11) is 1.15. The number of carbonyl (C=O) groups is 2. The van der Waals surface area contributed by atoms with E-state index in [9.17, 15) is 22.8 Å². The summed E-state index contributed by atoms with van der Waals surface area (Å²) in [6.45, 7) is 0.857. The number of benzene rings is 1. The predicted octanol–water partition coefficient (Wildman–Crippen LogP) is 2.82. The normalized spacial score (nSPS) is 12.0. The molecular formula is C14H13F3O4. The molecule has 114 valence electrons. The van der Waals surface area contributed by atoms with Gasteiger partial charge in [-0.2, -0.15) is 13.2 Å². The van der Waals surface area contributed by atoms with Crippen LogP contribution < -0.4 is 0 Å². The molecule has 0 N–H and O–H groups in total. The van der Waals surface area contributed by atoms with Gasteiger partial charge in [0.1, 0.15) is 6.61 Å². The smallest absolute Gasteiger partial charge is 0.416 e. The van der Waals surface area contributed by atoms with Gasteiger partial charge < -0.3 is 9.47 Å². The summed E-state index contributed by atoms with van der Waals surface area (Å²) in [4.78, 5) is 22.2. The molecule has 0 fully saturated rings. The summed E-state index contributed by atoms with van der Waals surface area (Å²) in [5.74, 6) is -1.31. The average molecular weight is 302 g/mol. The van der Waals surface area contributed by atoms with Crippen molar-refractivity contribution >= 4 is 18.0 Å². The number of hydrogen-bond donors (Lipinski definition) is 0. The molecule has 0 aliphatic carbocycles. The van der Waals surface area contributed by atoms with Gasteiger partial charge in [0.15, 0.2) is 0 Å². The number of ether oxygens (including phenoxy) is 2. The van der Waals surface area contributed by atoms with E-state index in [4.69, 9.17) is 0 Å². The second-order valence-electron chi connectivity index (χ2n) is 4.06. The van der Waals surface area contributed by atoms with Crippen molar-refractivity contribution in [1.29, 1.82) is 0 Å². The first-order valence-electron chi connectivity index (χ1n) is 5.83. The standard InChI is InChI=1S/C14H13F3O4/c1-9(18)21-8-11(13(19)20-2)7-10-3-5-12(6-4-10)14(15,16)17/h3-7H,8H2,1-2H3/b11-7+. The third-order valence-electron chi connectivity index (χ3n) is 2.46. The van der Waals surface area contributed by atoms with Crippen LogP contribution in [-0.4, -0.2) is 25.7 Å². The van der Waals surface area contributed by atoms with E-state index in [1.807, 2.05) is 0 Å². The summed E-state index contributed by atoms with van der Waals surface area (Å²) in [6.07, 6.45) is -3.12. The van der Waals surface area contributed by atoms with Gasteiger partial charge >= 0.3 is 18.1 Å². The maximum absolute atomic E-state index is 12.4. The minimum atomic E-state index is -4.43. The monoisotopic (exact) mass is 302 g/mol. The molecule has 1 aromatic carbocycles. The zero-order chi connectivity index (χ0) is 16.0. The fourth-order valence-electron chi connectivity index (χ4n) is 1.44. The SMILES string of the molecule is COC(=O)/C(=C/c1ccc(C(F)(F)F)cc1)COC(C)=O. The van der Waals surface area contributed by atoms with Crippen molar-refractivity contribution in [3.8, 4) is 0 Å². The van der Waals surface area contributed by atoms with E-state index >= 15 is 0 Å². The van der Waals surface area contributed by atoms with Crippen molar-refractivity contribution in [3.63, 3.8) is 0 Å². The lowest BCUT2D eigenvalue weighted by atomic mass is 10.1. The molecule has 0 saturated carbocycles. The highest BCUT2D eigenvalue weighted by molar-refractivity contribution is 5.94. The fourth-order valence-corrected chi connectivity index (χ4v) is 1.44. The maximum Gasteiger partial charge on any atom is 0.416 e. The number of esters is 2. The van der Waals surface area contributed by atoms with Gasteiger partial charge in [-0.05, 0) is 23.8 Å². The number of alkyl halides is 3. The van der Waals surface area contributed by atoms with Gasteiger partial charge in [-0.25, -0.2) is 4.79 Å². The number of hydrogen-bond acceptors (Lipinski definition) is 4. The molecule has 1 rings (SSSR count). The van der Waals surface area contributed by atoms with Gasteiger partial charge in [0.25, 0.3) is 0 Å². The van der Waals surface area contributed by atoms with Crippen LogP contribution in [0.25, 0.3) is 6.08 Å². The molecule has 0 unspecified atom stereocenters. The van der Waals surface area contributed by atoms with Crippen LogP contribution in [0.15, 0.2) is 29.8 Å². The van der Waals surface area contributed by atoms with E-state index < -0.39 is 23.7 Å². The molecule has 21 heavy (non-hydrogen) atoms. The average Bonchev–Trinajstić information content (AvgIpc) is 2.42. The summed E-state index contributed by atoms with van der Waals surface area (Å²) in [5.41, 5.74) is -0.415. The van der Waals surface area contributed by atoms with Gasteiger partial charge in [-0.15, -0.1) is 0 Å². The first-order chi connectivity index (χ1) is 9.74. The molecule has 0 atom stereocenters. The summed E-state index contributed by atoms with van der Waals surface area (Å²) < 4.78 is 46.5. The van der Waals surface area contributed by atoms with Gasteiger partial charge in [-0.1, -0.05) is 12.1 Å². The molecule has 1 aromatic rings. The van der Waals surface area contributed by atoms with E-state index in [0.29, 0.717) is 5.56 Å². The molecular weight excluding hydrogens is 289 g/mol. The first kappa shape index (κ1) is 16.7. The second-order valence-corrected chi connectivity index (χ2v) is 4.06. The zero-order valence-corrected chi connectivity index (χ0v) is 11.4. The number of carbonyl (C=O) groups excluding carboxylic acids is 2. The molecule has 0 aliphatic heterocycles. The van der Waals surface area contributed by atoms with Gasteiger partial charge in [0, 0.05) is 6.92 Å². The Bertz CT molecular complexity index is 544. The Kier molecular flexibility index (Phi) is 5.52. The van der Waals surface area contributed by atoms with E-state index in [2.05, 4.69) is 9.47 Å². The van der Waals surface area contributed by atoms with Crippen LogP contribution in [0.4, 0.5) is 13.2 Å². The lowest BCUT2D eigenvalue weighted by Crippen LogP contribution is -2.12. The van der Waals surface area contributed by atoms with Crippen molar-refractivity contribution in [2.75, 3.05) is 13.7 Å². The van der Waals surface area contributed by atoms with Gasteiger partial charge in [-0.3, -0.25) is 4.79 Å². The highest BCUT2D eigenvalue weighted by atomic mass is 19.4. The van der Waals surface area contributed by atoms with Gasteiger partial charge in [0.05, 0.1) is 18.2 Å². The van der Waals surface area contributed by atoms with E-state index in [1.165, 1.54) is 25.1 Å². The molecule has 0 bridgehead atoms. The van der Waals surface area contributed by atoms with Crippen LogP contribution in [0.3, 0.4) is 0 Å². The highest BCUT2D eigenvalue weighted by Crippen LogP contribution is 2.29. The molecule has 4 nitrogen and oxygen atoms in total. The van der Waals surface area contributed by atoms with E-state index in [0.717, 1.165) is 19.2 Å². The van der Waals surface area contributed by atoms with Crippen LogP contribution in [0, 0.1) is 0 Å². The summed E-state index contributed by atoms with van der Waals surface area (Å²) >= 11 is 0. The lowest BCUT2D eigenvalue weighted by Gasteiger charge is -2.08. The molecule has 0 amide bonds. The zero-order valence-electron chi connectivity index (χ0n) is 11.4. The largest absolute Gasteiger partial charge is 0.466 e. The van der Waals surface area contributed by atoms with Crippen molar-refractivity contribution in [3.05, 3.63) is 41.0 Å². The van der Waals surface area contributed by atoms with Crippen LogP contribution in [0.2, 0.25) is 0 Å². The Morgan fingerprint density at radius 3 is 2.19 bits per heavy atom. The molecule has 0 saturated heterocycles. The quantitative estimate of drug-likeness (QED) is 0.634. The molecule has 0 aliphatic rings. The lowest BCUT2D eigenvalue weighted by molar-refractivity contribution is -0.142. The summed E-state index contributed by atoms with van der Waals surface area (Å²) in [5, 5.41) is 0. The Labute approximate surface area is 119 Å². The summed E-state index contributed by atoms with van der Waals surface area (Å²) in [6, 6.07) is 4.21. The van der Waals surface area contributed by atoms with Crippen LogP contribution in [0.1, 0.15) is 18.1 Å². The van der Waals surface area contributed by atoms with Crippen molar-refractivity contribution < 1.29 is 32.2 Å². The molecule has 0 aromatic heterocycles. The fraction of sp³-hybridized carbons (Fsp3) is 0.286. The second kappa shape index (κ2) is 6.92. The molecule has 0 heterocycles. The predicted molar refractivity (Wildman–Crippen MR) is 68.1 cm³/mol. The Hall–Kier alpha value is -2.31. The van der Waals surface area contributed by atoms with Crippen LogP contribution in [0.5, 0.6) is 0 Å². The highest BCUT2D eigenvalue weighted by Gasteiger charge is 2.29. The van der Waals surface area contributed by atoms with Crippen molar-refractivity contribution in [1.82, 2.24) is 0 Å². The molecule has 7 heteroatoms. The molecule has 0 spiro atoms. The number of methoxy groups -OCH3 is 1. The number of halogens is 3. The third-order valence-corrected chi connectivity index (χ3v) is 2.46. The van der Waals surface area contributed by atoms with E-state index in [-0.39, 0.29) is 12.2 Å². The third kappa shape index (κ3) is 5.29. The van der Waals surface area contributed by atoms with E-state index in [1.54, 1.807) is 0 Å². The topological polar surface area (TPSA) is 52.6 Å². The van der Waals surface area contributed by atoms with Gasteiger partial charge in [0.2, 0.25) is 0 Å². The minimum absolute atomic E-state index is 0.0208. The van der Waals surface area contributed by atoms with Crippen molar-refractivity contribution in [2.45, 2.75) is 13.1 Å². The van der Waals surface area contributed by atoms with Crippen LogP contribution >= 0.6 is 0 Å². The Morgan fingerprint density at radius 2 is 1.76 bits per heavy atom. The van der Waals surface area contributed by atoms with Crippen LogP contribution in [-0.2, 0) is 25.2 Å². The van der Waals surface area contributed by atoms with Crippen molar-refractivity contribution in [2.24, 2.45) is 0 Å². The first-order valence-corrected chi connectivity index (χ1v) is 5.83. The number of rotatable bonds is 4. The molecule has 0 radical (unpaired) electrons.